The molecule has 2 aromatic carbocycles. The van der Waals surface area contributed by atoms with Crippen LogP contribution in [0.2, 0.25) is 5.02 Å². The van der Waals surface area contributed by atoms with Crippen LogP contribution in [0.5, 0.6) is 0 Å². The summed E-state index contributed by atoms with van der Waals surface area (Å²) < 4.78 is 39.5. The van der Waals surface area contributed by atoms with Crippen LogP contribution in [0.4, 0.5) is 4.39 Å². The second-order valence-electron chi connectivity index (χ2n) is 4.21. The minimum atomic E-state index is -3.86. The number of hydrogen-bond donors (Lipinski definition) is 1. The fraction of sp³-hybridized carbons (Fsp3) is 0.0714. The molecule has 0 saturated carbocycles. The number of nitrogens with one attached hydrogen (secondary N) is 1. The molecule has 0 aromatic heterocycles. The van der Waals surface area contributed by atoms with Crippen molar-refractivity contribution in [1.29, 1.82) is 5.26 Å². The first-order valence-corrected chi connectivity index (χ1v) is 7.72. The van der Waals surface area contributed by atoms with Crippen LogP contribution >= 0.6 is 11.6 Å². The SMILES string of the molecule is N#Cc1cccc(CNS(=O)(=O)c2ccc(F)cc2Cl)c1. The van der Waals surface area contributed by atoms with Crippen LogP contribution in [0.3, 0.4) is 0 Å². The Kier molecular flexibility index (Phi) is 4.58. The van der Waals surface area contributed by atoms with Crippen molar-refractivity contribution in [3.8, 4) is 6.07 Å². The van der Waals surface area contributed by atoms with Gasteiger partial charge in [-0.15, -0.1) is 0 Å². The Balaban J connectivity index is 2.20. The van der Waals surface area contributed by atoms with Crippen LogP contribution in [0, 0.1) is 17.1 Å². The monoisotopic (exact) mass is 324 g/mol. The molecule has 0 aliphatic heterocycles. The van der Waals surface area contributed by atoms with Crippen molar-refractivity contribution in [3.63, 3.8) is 0 Å². The highest BCUT2D eigenvalue weighted by atomic mass is 35.5. The van der Waals surface area contributed by atoms with Crippen molar-refractivity contribution in [2.45, 2.75) is 11.4 Å². The molecule has 0 spiro atoms. The molecular weight excluding hydrogens is 315 g/mol. The first kappa shape index (κ1) is 15.4. The van der Waals surface area contributed by atoms with Gasteiger partial charge in [0.25, 0.3) is 0 Å². The van der Waals surface area contributed by atoms with E-state index in [1.54, 1.807) is 24.3 Å². The van der Waals surface area contributed by atoms with Gasteiger partial charge in [0.1, 0.15) is 10.7 Å². The molecule has 0 aliphatic carbocycles. The van der Waals surface area contributed by atoms with E-state index in [-0.39, 0.29) is 16.5 Å². The van der Waals surface area contributed by atoms with Gasteiger partial charge in [0.05, 0.1) is 16.7 Å². The Morgan fingerprint density at radius 2 is 2.00 bits per heavy atom. The summed E-state index contributed by atoms with van der Waals surface area (Å²) in [7, 11) is -3.86. The predicted molar refractivity (Wildman–Crippen MR) is 76.6 cm³/mol. The number of halogens is 2. The minimum absolute atomic E-state index is 0.00551. The number of hydrogen-bond acceptors (Lipinski definition) is 3. The third kappa shape index (κ3) is 3.79. The van der Waals surface area contributed by atoms with Gasteiger partial charge >= 0.3 is 0 Å². The molecule has 21 heavy (non-hydrogen) atoms. The highest BCUT2D eigenvalue weighted by molar-refractivity contribution is 7.89. The Labute approximate surface area is 126 Å². The average Bonchev–Trinajstić information content (AvgIpc) is 2.45. The predicted octanol–water partition coefficient (Wildman–Crippen LogP) is 2.83. The zero-order valence-electron chi connectivity index (χ0n) is 10.7. The summed E-state index contributed by atoms with van der Waals surface area (Å²) >= 11 is 5.74. The van der Waals surface area contributed by atoms with Crippen LogP contribution in [-0.4, -0.2) is 8.42 Å². The fourth-order valence-corrected chi connectivity index (χ4v) is 3.25. The second kappa shape index (κ2) is 6.22. The molecule has 0 fully saturated rings. The Morgan fingerprint density at radius 3 is 2.67 bits per heavy atom. The standard InChI is InChI=1S/C14H10ClFN2O2S/c15-13-7-12(16)4-5-14(13)21(19,20)18-9-11-3-1-2-10(6-11)8-17/h1-7,18H,9H2. The van der Waals surface area contributed by atoms with Crippen molar-refractivity contribution in [2.24, 2.45) is 0 Å². The average molecular weight is 325 g/mol. The van der Waals surface area contributed by atoms with Gasteiger partial charge in [0.15, 0.2) is 0 Å². The van der Waals surface area contributed by atoms with E-state index in [0.29, 0.717) is 11.1 Å². The van der Waals surface area contributed by atoms with E-state index >= 15 is 0 Å². The normalized spacial score (nSPS) is 11.1. The quantitative estimate of drug-likeness (QED) is 0.940. The molecule has 0 bridgehead atoms. The molecule has 0 atom stereocenters. The van der Waals surface area contributed by atoms with E-state index in [1.807, 2.05) is 6.07 Å². The molecule has 0 amide bonds. The van der Waals surface area contributed by atoms with Crippen molar-refractivity contribution in [2.75, 3.05) is 0 Å². The Bertz CT molecular complexity index is 816. The third-order valence-corrected chi connectivity index (χ3v) is 4.59. The lowest BCUT2D eigenvalue weighted by molar-refractivity contribution is 0.580. The van der Waals surface area contributed by atoms with Crippen molar-refractivity contribution in [3.05, 3.63) is 64.4 Å². The summed E-state index contributed by atoms with van der Waals surface area (Å²) in [6, 6.07) is 11.6. The molecule has 0 radical (unpaired) electrons. The zero-order chi connectivity index (χ0) is 15.5. The molecule has 2 aromatic rings. The smallest absolute Gasteiger partial charge is 0.207 e. The first-order valence-electron chi connectivity index (χ1n) is 5.86. The largest absolute Gasteiger partial charge is 0.242 e. The topological polar surface area (TPSA) is 70.0 Å². The molecular formula is C14H10ClFN2O2S. The Hall–Kier alpha value is -1.94. The minimum Gasteiger partial charge on any atom is -0.207 e. The highest BCUT2D eigenvalue weighted by Crippen LogP contribution is 2.22. The van der Waals surface area contributed by atoms with Crippen LogP contribution in [0.25, 0.3) is 0 Å². The number of nitriles is 1. The first-order chi connectivity index (χ1) is 9.92. The molecule has 0 aliphatic rings. The number of nitrogens with zero attached hydrogens (tertiary/aromatic N) is 1. The molecule has 0 saturated heterocycles. The van der Waals surface area contributed by atoms with Crippen molar-refractivity contribution in [1.82, 2.24) is 4.72 Å². The summed E-state index contributed by atoms with van der Waals surface area (Å²) in [5.74, 6) is -0.610. The summed E-state index contributed by atoms with van der Waals surface area (Å²) in [5, 5.41) is 8.60. The molecule has 2 rings (SSSR count). The van der Waals surface area contributed by atoms with Gasteiger partial charge in [0.2, 0.25) is 10.0 Å². The van der Waals surface area contributed by atoms with Gasteiger partial charge in [-0.3, -0.25) is 0 Å². The van der Waals surface area contributed by atoms with Crippen LogP contribution in [-0.2, 0) is 16.6 Å². The zero-order valence-corrected chi connectivity index (χ0v) is 12.2. The van der Waals surface area contributed by atoms with Crippen LogP contribution < -0.4 is 4.72 Å². The summed E-state index contributed by atoms with van der Waals surface area (Å²) in [5.41, 5.74) is 1.07. The van der Waals surface area contributed by atoms with E-state index in [9.17, 15) is 12.8 Å². The maximum atomic E-state index is 12.9. The maximum absolute atomic E-state index is 12.9. The molecule has 0 heterocycles. The van der Waals surface area contributed by atoms with Gasteiger partial charge in [-0.05, 0) is 35.9 Å². The van der Waals surface area contributed by atoms with Gasteiger partial charge in [-0.25, -0.2) is 17.5 Å². The van der Waals surface area contributed by atoms with E-state index in [2.05, 4.69) is 4.72 Å². The van der Waals surface area contributed by atoms with Gasteiger partial charge in [0, 0.05) is 6.54 Å². The highest BCUT2D eigenvalue weighted by Gasteiger charge is 2.18. The Morgan fingerprint density at radius 1 is 1.24 bits per heavy atom. The van der Waals surface area contributed by atoms with Crippen LogP contribution in [0.1, 0.15) is 11.1 Å². The van der Waals surface area contributed by atoms with Crippen LogP contribution in [0.15, 0.2) is 47.4 Å². The lowest BCUT2D eigenvalue weighted by atomic mass is 10.1. The molecule has 1 N–H and O–H groups in total. The lowest BCUT2D eigenvalue weighted by Crippen LogP contribution is -2.23. The molecule has 7 heteroatoms. The number of benzene rings is 2. The van der Waals surface area contributed by atoms with E-state index in [0.717, 1.165) is 18.2 Å². The van der Waals surface area contributed by atoms with Gasteiger partial charge < -0.3 is 0 Å². The van der Waals surface area contributed by atoms with E-state index in [4.69, 9.17) is 16.9 Å². The summed E-state index contributed by atoms with van der Waals surface area (Å²) in [6.07, 6.45) is 0. The maximum Gasteiger partial charge on any atom is 0.242 e. The molecule has 4 nitrogen and oxygen atoms in total. The number of rotatable bonds is 4. The summed E-state index contributed by atoms with van der Waals surface area (Å²) in [4.78, 5) is -0.193. The number of sulfonamides is 1. The van der Waals surface area contributed by atoms with Crippen molar-refractivity contribution >= 4 is 21.6 Å². The van der Waals surface area contributed by atoms with Gasteiger partial charge in [-0.2, -0.15) is 5.26 Å². The summed E-state index contributed by atoms with van der Waals surface area (Å²) in [6.45, 7) is 0.00551. The second-order valence-corrected chi connectivity index (χ2v) is 6.35. The molecule has 108 valence electrons. The fourth-order valence-electron chi connectivity index (χ4n) is 1.70. The van der Waals surface area contributed by atoms with Crippen molar-refractivity contribution < 1.29 is 12.8 Å². The lowest BCUT2D eigenvalue weighted by Gasteiger charge is -2.08. The van der Waals surface area contributed by atoms with Gasteiger partial charge in [-0.1, -0.05) is 23.7 Å². The molecule has 0 unspecified atom stereocenters. The van der Waals surface area contributed by atoms with E-state index < -0.39 is 15.8 Å². The third-order valence-electron chi connectivity index (χ3n) is 2.71. The van der Waals surface area contributed by atoms with E-state index in [1.165, 1.54) is 0 Å².